The molecule has 8 nitrogen and oxygen atoms in total. The number of nitro groups is 1. The van der Waals surface area contributed by atoms with E-state index in [1.807, 2.05) is 0 Å². The van der Waals surface area contributed by atoms with Gasteiger partial charge in [0.2, 0.25) is 0 Å². The number of carbonyl (C=O) groups is 1. The standard InChI is InChI=1S/C14H16N4O4/c15-7-9-5-11(6-12(16)13(9)18(21)22)17-10-3-1-8(2-4-10)14(19)20/h5-6,8,10,17H,1-4,16H2,(H,19,20). The van der Waals surface area contributed by atoms with Gasteiger partial charge in [0, 0.05) is 11.7 Å². The van der Waals surface area contributed by atoms with Crippen LogP contribution in [0.2, 0.25) is 0 Å². The highest BCUT2D eigenvalue weighted by atomic mass is 16.6. The molecule has 0 amide bonds. The quantitative estimate of drug-likeness (QED) is 0.439. The summed E-state index contributed by atoms with van der Waals surface area (Å²) in [5, 5.41) is 32.1. The van der Waals surface area contributed by atoms with E-state index in [9.17, 15) is 14.9 Å². The molecule has 1 aliphatic rings. The first kappa shape index (κ1) is 15.6. The van der Waals surface area contributed by atoms with Gasteiger partial charge in [-0.25, -0.2) is 0 Å². The third kappa shape index (κ3) is 3.25. The Labute approximate surface area is 126 Å². The van der Waals surface area contributed by atoms with E-state index < -0.39 is 10.9 Å². The molecule has 1 fully saturated rings. The minimum absolute atomic E-state index is 0.0641. The number of nitrogen functional groups attached to an aromatic ring is 1. The van der Waals surface area contributed by atoms with Crippen molar-refractivity contribution in [2.75, 3.05) is 11.1 Å². The lowest BCUT2D eigenvalue weighted by molar-refractivity contribution is -0.384. The Morgan fingerprint density at radius 2 is 2.05 bits per heavy atom. The number of rotatable bonds is 4. The molecule has 0 saturated heterocycles. The average Bonchev–Trinajstić information content (AvgIpc) is 2.46. The van der Waals surface area contributed by atoms with Gasteiger partial charge in [-0.05, 0) is 37.8 Å². The van der Waals surface area contributed by atoms with Crippen LogP contribution in [0, 0.1) is 27.4 Å². The van der Waals surface area contributed by atoms with Crippen molar-refractivity contribution in [2.45, 2.75) is 31.7 Å². The van der Waals surface area contributed by atoms with E-state index in [0.717, 1.165) is 0 Å². The van der Waals surface area contributed by atoms with Gasteiger partial charge in [-0.1, -0.05) is 0 Å². The van der Waals surface area contributed by atoms with Crippen molar-refractivity contribution in [3.63, 3.8) is 0 Å². The SMILES string of the molecule is N#Cc1cc(NC2CCC(C(=O)O)CC2)cc(N)c1[N+](=O)[O-]. The van der Waals surface area contributed by atoms with E-state index >= 15 is 0 Å². The van der Waals surface area contributed by atoms with Crippen molar-refractivity contribution in [3.05, 3.63) is 27.8 Å². The maximum absolute atomic E-state index is 10.9. The molecule has 116 valence electrons. The van der Waals surface area contributed by atoms with Gasteiger partial charge in [-0.2, -0.15) is 5.26 Å². The van der Waals surface area contributed by atoms with Crippen LogP contribution in [-0.2, 0) is 4.79 Å². The van der Waals surface area contributed by atoms with Crippen molar-refractivity contribution >= 4 is 23.0 Å². The molecule has 8 heteroatoms. The predicted molar refractivity (Wildman–Crippen MR) is 79.2 cm³/mol. The number of benzene rings is 1. The normalized spacial score (nSPS) is 20.9. The summed E-state index contributed by atoms with van der Waals surface area (Å²) in [5.74, 6) is -1.08. The molecule has 2 rings (SSSR count). The van der Waals surface area contributed by atoms with Crippen LogP contribution in [-0.4, -0.2) is 22.0 Å². The maximum Gasteiger partial charge on any atom is 0.309 e. The van der Waals surface area contributed by atoms with Crippen molar-refractivity contribution in [3.8, 4) is 6.07 Å². The molecule has 1 aromatic rings. The molecule has 4 N–H and O–H groups in total. The lowest BCUT2D eigenvalue weighted by Crippen LogP contribution is -2.29. The van der Waals surface area contributed by atoms with Gasteiger partial charge in [-0.15, -0.1) is 0 Å². The lowest BCUT2D eigenvalue weighted by Gasteiger charge is -2.27. The van der Waals surface area contributed by atoms with E-state index in [4.69, 9.17) is 16.1 Å². The summed E-state index contributed by atoms with van der Waals surface area (Å²) in [6, 6.07) is 4.68. The summed E-state index contributed by atoms with van der Waals surface area (Å²) >= 11 is 0. The Hall–Kier alpha value is -2.82. The average molecular weight is 304 g/mol. The molecule has 0 aromatic heterocycles. The summed E-state index contributed by atoms with van der Waals surface area (Å²) in [4.78, 5) is 21.1. The number of nitro benzene ring substituents is 1. The Balaban J connectivity index is 2.12. The van der Waals surface area contributed by atoms with E-state index in [1.165, 1.54) is 12.1 Å². The molecule has 0 bridgehead atoms. The highest BCUT2D eigenvalue weighted by molar-refractivity contribution is 5.73. The van der Waals surface area contributed by atoms with Crippen LogP contribution in [0.4, 0.5) is 17.1 Å². The second-order valence-electron chi connectivity index (χ2n) is 5.36. The van der Waals surface area contributed by atoms with Crippen LogP contribution in [0.1, 0.15) is 31.2 Å². The van der Waals surface area contributed by atoms with Crippen LogP contribution in [0.3, 0.4) is 0 Å². The molecule has 0 spiro atoms. The maximum atomic E-state index is 10.9. The van der Waals surface area contributed by atoms with Gasteiger partial charge in [0.05, 0.1) is 10.8 Å². The molecule has 0 radical (unpaired) electrons. The largest absolute Gasteiger partial charge is 0.481 e. The Morgan fingerprint density at radius 3 is 2.55 bits per heavy atom. The number of carboxylic acids is 1. The molecular formula is C14H16N4O4. The first-order valence-corrected chi connectivity index (χ1v) is 6.89. The zero-order valence-electron chi connectivity index (χ0n) is 11.8. The van der Waals surface area contributed by atoms with E-state index in [0.29, 0.717) is 31.4 Å². The first-order chi connectivity index (χ1) is 10.4. The van der Waals surface area contributed by atoms with Crippen molar-refractivity contribution in [1.29, 1.82) is 5.26 Å². The summed E-state index contributed by atoms with van der Waals surface area (Å²) in [6.07, 6.45) is 2.55. The van der Waals surface area contributed by atoms with Crippen LogP contribution < -0.4 is 11.1 Å². The highest BCUT2D eigenvalue weighted by Crippen LogP contribution is 2.32. The zero-order chi connectivity index (χ0) is 16.3. The number of anilines is 2. The van der Waals surface area contributed by atoms with Gasteiger partial charge in [0.1, 0.15) is 17.3 Å². The van der Waals surface area contributed by atoms with Crippen LogP contribution in [0.15, 0.2) is 12.1 Å². The highest BCUT2D eigenvalue weighted by Gasteiger charge is 2.26. The van der Waals surface area contributed by atoms with Crippen LogP contribution in [0.5, 0.6) is 0 Å². The van der Waals surface area contributed by atoms with Gasteiger partial charge < -0.3 is 16.2 Å². The third-order valence-corrected chi connectivity index (χ3v) is 3.89. The number of hydrogen-bond acceptors (Lipinski definition) is 6. The monoisotopic (exact) mass is 304 g/mol. The topological polar surface area (TPSA) is 142 Å². The van der Waals surface area contributed by atoms with E-state index in [2.05, 4.69) is 5.32 Å². The second-order valence-corrected chi connectivity index (χ2v) is 5.36. The minimum Gasteiger partial charge on any atom is -0.481 e. The minimum atomic E-state index is -0.773. The van der Waals surface area contributed by atoms with Gasteiger partial charge in [0.25, 0.3) is 0 Å². The second kappa shape index (κ2) is 6.30. The molecule has 22 heavy (non-hydrogen) atoms. The number of nitrogens with one attached hydrogen (secondary N) is 1. The fraction of sp³-hybridized carbons (Fsp3) is 0.429. The molecular weight excluding hydrogens is 288 g/mol. The number of nitriles is 1. The van der Waals surface area contributed by atoms with Crippen LogP contribution in [0.25, 0.3) is 0 Å². The van der Waals surface area contributed by atoms with Crippen molar-refractivity contribution in [2.24, 2.45) is 5.92 Å². The summed E-state index contributed by atoms with van der Waals surface area (Å²) in [7, 11) is 0. The number of nitrogens with two attached hydrogens (primary N) is 1. The molecule has 1 saturated carbocycles. The Bertz CT molecular complexity index is 645. The summed E-state index contributed by atoms with van der Waals surface area (Å²) < 4.78 is 0. The Morgan fingerprint density at radius 1 is 1.41 bits per heavy atom. The van der Waals surface area contributed by atoms with Gasteiger partial charge in [-0.3, -0.25) is 14.9 Å². The third-order valence-electron chi connectivity index (χ3n) is 3.89. The van der Waals surface area contributed by atoms with Gasteiger partial charge in [0.15, 0.2) is 0 Å². The molecule has 0 unspecified atom stereocenters. The number of nitrogens with zero attached hydrogens (tertiary/aromatic N) is 2. The Kier molecular flexibility index (Phi) is 4.46. The van der Waals surface area contributed by atoms with E-state index in [1.54, 1.807) is 6.07 Å². The number of carboxylic acid groups (broad SMARTS) is 1. The first-order valence-electron chi connectivity index (χ1n) is 6.89. The summed E-state index contributed by atoms with van der Waals surface area (Å²) in [5.41, 5.74) is 5.65. The lowest BCUT2D eigenvalue weighted by atomic mass is 9.86. The molecule has 1 aliphatic carbocycles. The molecule has 0 aliphatic heterocycles. The molecule has 1 aromatic carbocycles. The summed E-state index contributed by atoms with van der Waals surface area (Å²) in [6.45, 7) is 0. The van der Waals surface area contributed by atoms with Crippen molar-refractivity contribution in [1.82, 2.24) is 0 Å². The number of aliphatic carboxylic acids is 1. The molecule has 0 atom stereocenters. The van der Waals surface area contributed by atoms with E-state index in [-0.39, 0.29) is 28.9 Å². The number of hydrogen-bond donors (Lipinski definition) is 3. The fourth-order valence-electron chi connectivity index (χ4n) is 2.75. The predicted octanol–water partition coefficient (Wildman–Crippen LogP) is 2.10. The van der Waals surface area contributed by atoms with Crippen LogP contribution >= 0.6 is 0 Å². The fourth-order valence-corrected chi connectivity index (χ4v) is 2.75. The van der Waals surface area contributed by atoms with Crippen molar-refractivity contribution < 1.29 is 14.8 Å². The molecule has 0 heterocycles. The zero-order valence-corrected chi connectivity index (χ0v) is 11.8. The smallest absolute Gasteiger partial charge is 0.309 e. The van der Waals surface area contributed by atoms with Gasteiger partial charge >= 0.3 is 11.7 Å².